The summed E-state index contributed by atoms with van der Waals surface area (Å²) >= 11 is 0. The van der Waals surface area contributed by atoms with Gasteiger partial charge in [0.1, 0.15) is 0 Å². The number of aliphatic hydroxyl groups is 1. The fourth-order valence-electron chi connectivity index (χ4n) is 2.15. The Morgan fingerprint density at radius 1 is 0.952 bits per heavy atom. The fraction of sp³-hybridized carbons (Fsp3) is 0.647. The maximum atomic E-state index is 9.85. The zero-order valence-corrected chi connectivity index (χ0v) is 13.5. The van der Waals surface area contributed by atoms with Crippen LogP contribution in [-0.4, -0.2) is 44.6 Å². The number of anilines is 1. The van der Waals surface area contributed by atoms with E-state index < -0.39 is 0 Å². The predicted molar refractivity (Wildman–Crippen MR) is 86.9 cm³/mol. The molecule has 0 saturated carbocycles. The molecule has 1 atom stereocenters. The van der Waals surface area contributed by atoms with Crippen molar-refractivity contribution in [2.24, 2.45) is 0 Å². The molecule has 21 heavy (non-hydrogen) atoms. The molecule has 0 fully saturated rings. The zero-order valence-electron chi connectivity index (χ0n) is 13.5. The number of aliphatic hydroxyl groups excluding tert-OH is 1. The van der Waals surface area contributed by atoms with Crippen LogP contribution >= 0.6 is 0 Å². The van der Waals surface area contributed by atoms with E-state index in [-0.39, 0.29) is 6.10 Å². The molecule has 0 aliphatic heterocycles. The molecule has 1 aromatic rings. The Kier molecular flexibility index (Phi) is 9.06. The van der Waals surface area contributed by atoms with E-state index in [0.29, 0.717) is 13.2 Å². The highest BCUT2D eigenvalue weighted by atomic mass is 16.5. The lowest BCUT2D eigenvalue weighted by molar-refractivity contribution is 0.141. The minimum Gasteiger partial charge on any atom is -0.388 e. The first-order valence-corrected chi connectivity index (χ1v) is 7.91. The predicted octanol–water partition coefficient (Wildman–Crippen LogP) is 3.01. The Labute approximate surface area is 128 Å². The van der Waals surface area contributed by atoms with Crippen LogP contribution in [0.15, 0.2) is 24.3 Å². The average Bonchev–Trinajstić information content (AvgIpc) is 2.53. The van der Waals surface area contributed by atoms with Gasteiger partial charge in [0.15, 0.2) is 0 Å². The number of benzene rings is 1. The van der Waals surface area contributed by atoms with Crippen molar-refractivity contribution in [1.29, 1.82) is 0 Å². The first-order chi connectivity index (χ1) is 10.2. The highest BCUT2D eigenvalue weighted by Gasteiger charge is 2.09. The number of nitrogens with zero attached hydrogens (tertiary/aromatic N) is 1. The average molecular weight is 295 g/mol. The van der Waals surface area contributed by atoms with Crippen molar-refractivity contribution in [1.82, 2.24) is 0 Å². The summed E-state index contributed by atoms with van der Waals surface area (Å²) in [6.45, 7) is 10.6. The maximum absolute atomic E-state index is 9.85. The second-order valence-corrected chi connectivity index (χ2v) is 4.90. The third-order valence-corrected chi connectivity index (χ3v) is 3.45. The lowest BCUT2D eigenvalue weighted by Gasteiger charge is -2.25. The molecule has 120 valence electrons. The van der Waals surface area contributed by atoms with Gasteiger partial charge in [-0.15, -0.1) is 0 Å². The van der Waals surface area contributed by atoms with Crippen LogP contribution < -0.4 is 4.90 Å². The first-order valence-electron chi connectivity index (χ1n) is 7.91. The van der Waals surface area contributed by atoms with Crippen LogP contribution in [0.4, 0.5) is 5.69 Å². The molecule has 1 aromatic carbocycles. The van der Waals surface area contributed by atoms with Crippen LogP contribution in [0.2, 0.25) is 0 Å². The normalized spacial score (nSPS) is 12.4. The standard InChI is InChI=1S/C17H29NO3/c1-4-17(19)15-7-9-16(10-8-15)18(11-13-20-5-2)12-14-21-6-3/h7-10,17,19H,4-6,11-14H2,1-3H3/t17-/m1/s1. The topological polar surface area (TPSA) is 41.9 Å². The van der Waals surface area contributed by atoms with E-state index in [4.69, 9.17) is 9.47 Å². The highest BCUT2D eigenvalue weighted by Crippen LogP contribution is 2.21. The van der Waals surface area contributed by atoms with E-state index in [1.165, 1.54) is 0 Å². The molecule has 0 aliphatic rings. The molecule has 1 N–H and O–H groups in total. The number of hydrogen-bond donors (Lipinski definition) is 1. The Balaban J connectivity index is 2.66. The van der Waals surface area contributed by atoms with Gasteiger partial charge in [-0.1, -0.05) is 19.1 Å². The van der Waals surface area contributed by atoms with Gasteiger partial charge in [-0.3, -0.25) is 0 Å². The molecule has 4 heteroatoms. The molecule has 4 nitrogen and oxygen atoms in total. The van der Waals surface area contributed by atoms with Gasteiger partial charge in [0.2, 0.25) is 0 Å². The van der Waals surface area contributed by atoms with Crippen molar-refractivity contribution in [2.45, 2.75) is 33.3 Å². The van der Waals surface area contributed by atoms with E-state index in [1.807, 2.05) is 32.9 Å². The van der Waals surface area contributed by atoms with E-state index in [0.717, 1.165) is 44.0 Å². The highest BCUT2D eigenvalue weighted by molar-refractivity contribution is 5.48. The minimum absolute atomic E-state index is 0.376. The van der Waals surface area contributed by atoms with Crippen molar-refractivity contribution in [3.05, 3.63) is 29.8 Å². The smallest absolute Gasteiger partial charge is 0.0787 e. The lowest BCUT2D eigenvalue weighted by atomic mass is 10.1. The van der Waals surface area contributed by atoms with E-state index in [2.05, 4.69) is 17.0 Å². The fourth-order valence-corrected chi connectivity index (χ4v) is 2.15. The van der Waals surface area contributed by atoms with Crippen molar-refractivity contribution >= 4 is 5.69 Å². The van der Waals surface area contributed by atoms with Crippen LogP contribution in [0, 0.1) is 0 Å². The Hall–Kier alpha value is -1.10. The van der Waals surface area contributed by atoms with Crippen molar-refractivity contribution < 1.29 is 14.6 Å². The van der Waals surface area contributed by atoms with Crippen molar-refractivity contribution in [3.63, 3.8) is 0 Å². The third-order valence-electron chi connectivity index (χ3n) is 3.45. The van der Waals surface area contributed by atoms with Gasteiger partial charge in [-0.25, -0.2) is 0 Å². The van der Waals surface area contributed by atoms with Crippen LogP contribution in [-0.2, 0) is 9.47 Å². The maximum Gasteiger partial charge on any atom is 0.0787 e. The van der Waals surface area contributed by atoms with Gasteiger partial charge in [0.05, 0.1) is 19.3 Å². The van der Waals surface area contributed by atoms with Gasteiger partial charge < -0.3 is 19.5 Å². The Morgan fingerprint density at radius 2 is 1.48 bits per heavy atom. The molecule has 0 bridgehead atoms. The minimum atomic E-state index is -0.376. The van der Waals surface area contributed by atoms with Gasteiger partial charge in [-0.2, -0.15) is 0 Å². The number of ether oxygens (including phenoxy) is 2. The molecule has 0 radical (unpaired) electrons. The summed E-state index contributed by atoms with van der Waals surface area (Å²) in [6, 6.07) is 8.12. The Bertz CT molecular complexity index is 357. The molecule has 0 saturated heterocycles. The summed E-state index contributed by atoms with van der Waals surface area (Å²) in [7, 11) is 0. The molecule has 0 heterocycles. The molecule has 0 aliphatic carbocycles. The van der Waals surface area contributed by atoms with Gasteiger partial charge in [0, 0.05) is 32.0 Å². The monoisotopic (exact) mass is 295 g/mol. The second kappa shape index (κ2) is 10.6. The van der Waals surface area contributed by atoms with Gasteiger partial charge >= 0.3 is 0 Å². The third kappa shape index (κ3) is 6.46. The quantitative estimate of drug-likeness (QED) is 0.637. The summed E-state index contributed by atoms with van der Waals surface area (Å²) < 4.78 is 10.9. The summed E-state index contributed by atoms with van der Waals surface area (Å²) in [6.07, 6.45) is 0.358. The summed E-state index contributed by atoms with van der Waals surface area (Å²) in [5.74, 6) is 0. The van der Waals surface area contributed by atoms with Crippen LogP contribution in [0.25, 0.3) is 0 Å². The van der Waals surface area contributed by atoms with Crippen LogP contribution in [0.5, 0.6) is 0 Å². The Morgan fingerprint density at radius 3 is 1.90 bits per heavy atom. The summed E-state index contributed by atoms with van der Waals surface area (Å²) in [5.41, 5.74) is 2.11. The molecule has 0 unspecified atom stereocenters. The lowest BCUT2D eigenvalue weighted by Crippen LogP contribution is -2.31. The van der Waals surface area contributed by atoms with E-state index in [9.17, 15) is 5.11 Å². The number of rotatable bonds is 11. The SMILES string of the molecule is CCOCCN(CCOCC)c1ccc([C@H](O)CC)cc1. The van der Waals surface area contributed by atoms with Crippen LogP contribution in [0.3, 0.4) is 0 Å². The van der Waals surface area contributed by atoms with E-state index in [1.54, 1.807) is 0 Å². The van der Waals surface area contributed by atoms with Gasteiger partial charge in [0.25, 0.3) is 0 Å². The molecule has 1 rings (SSSR count). The van der Waals surface area contributed by atoms with E-state index >= 15 is 0 Å². The summed E-state index contributed by atoms with van der Waals surface area (Å²) in [5, 5.41) is 9.85. The molecular weight excluding hydrogens is 266 g/mol. The van der Waals surface area contributed by atoms with Crippen LogP contribution in [0.1, 0.15) is 38.9 Å². The molecule has 0 aromatic heterocycles. The largest absolute Gasteiger partial charge is 0.388 e. The van der Waals surface area contributed by atoms with Crippen molar-refractivity contribution in [2.75, 3.05) is 44.4 Å². The number of hydrogen-bond acceptors (Lipinski definition) is 4. The second-order valence-electron chi connectivity index (χ2n) is 4.90. The molecular formula is C17H29NO3. The van der Waals surface area contributed by atoms with Gasteiger partial charge in [-0.05, 0) is 38.0 Å². The molecule has 0 spiro atoms. The first kappa shape index (κ1) is 18.0. The molecule has 0 amide bonds. The zero-order chi connectivity index (χ0) is 15.5. The van der Waals surface area contributed by atoms with Crippen molar-refractivity contribution in [3.8, 4) is 0 Å². The summed E-state index contributed by atoms with van der Waals surface area (Å²) in [4.78, 5) is 2.26.